The lowest BCUT2D eigenvalue weighted by atomic mass is 10.2. The van der Waals surface area contributed by atoms with Gasteiger partial charge in [-0.05, 0) is 35.7 Å². The SMILES string of the molecule is CN(Cc1cccs1)C(=O)c1cc2cc(NC(=O)c3cncs3)ccc2o1. The van der Waals surface area contributed by atoms with E-state index in [0.29, 0.717) is 22.7 Å². The average molecular weight is 397 g/mol. The molecule has 1 aromatic carbocycles. The van der Waals surface area contributed by atoms with Gasteiger partial charge in [-0.2, -0.15) is 0 Å². The highest BCUT2D eigenvalue weighted by atomic mass is 32.1. The van der Waals surface area contributed by atoms with Crippen LogP contribution in [0.1, 0.15) is 25.1 Å². The van der Waals surface area contributed by atoms with Crippen molar-refractivity contribution >= 4 is 51.1 Å². The number of anilines is 1. The van der Waals surface area contributed by atoms with Gasteiger partial charge in [-0.15, -0.1) is 22.7 Å². The molecule has 0 atom stereocenters. The molecule has 0 aliphatic carbocycles. The number of thiophene rings is 1. The van der Waals surface area contributed by atoms with E-state index in [2.05, 4.69) is 10.3 Å². The van der Waals surface area contributed by atoms with Gasteiger partial charge in [-0.3, -0.25) is 14.6 Å². The summed E-state index contributed by atoms with van der Waals surface area (Å²) in [5.74, 6) is -0.128. The van der Waals surface area contributed by atoms with Crippen LogP contribution in [0.15, 0.2) is 57.9 Å². The fourth-order valence-electron chi connectivity index (χ4n) is 2.64. The Balaban J connectivity index is 1.52. The zero-order valence-corrected chi connectivity index (χ0v) is 16.0. The summed E-state index contributed by atoms with van der Waals surface area (Å²) in [5, 5.41) is 5.56. The van der Waals surface area contributed by atoms with Crippen molar-refractivity contribution in [2.75, 3.05) is 12.4 Å². The number of benzene rings is 1. The molecule has 0 aliphatic rings. The molecule has 0 radical (unpaired) electrons. The third-order valence-electron chi connectivity index (χ3n) is 3.96. The van der Waals surface area contributed by atoms with Crippen molar-refractivity contribution in [3.63, 3.8) is 0 Å². The molecule has 0 fully saturated rings. The van der Waals surface area contributed by atoms with Gasteiger partial charge in [-0.1, -0.05) is 6.07 Å². The van der Waals surface area contributed by atoms with Gasteiger partial charge >= 0.3 is 0 Å². The quantitative estimate of drug-likeness (QED) is 0.539. The number of nitrogens with zero attached hydrogens (tertiary/aromatic N) is 2. The second kappa shape index (κ2) is 7.34. The van der Waals surface area contributed by atoms with Gasteiger partial charge < -0.3 is 14.6 Å². The molecule has 0 bridgehead atoms. The van der Waals surface area contributed by atoms with E-state index in [1.54, 1.807) is 53.1 Å². The van der Waals surface area contributed by atoms with Gasteiger partial charge in [0.15, 0.2) is 5.76 Å². The molecule has 4 rings (SSSR count). The second-order valence-corrected chi connectivity index (χ2v) is 7.84. The molecule has 0 spiro atoms. The van der Waals surface area contributed by atoms with Crippen LogP contribution in [0.25, 0.3) is 11.0 Å². The van der Waals surface area contributed by atoms with Gasteiger partial charge in [0.05, 0.1) is 18.3 Å². The molecule has 4 aromatic rings. The molecule has 3 aromatic heterocycles. The smallest absolute Gasteiger partial charge is 0.289 e. The van der Waals surface area contributed by atoms with Gasteiger partial charge in [0.2, 0.25) is 0 Å². The fourth-order valence-corrected chi connectivity index (χ4v) is 3.92. The molecular weight excluding hydrogens is 382 g/mol. The maximum atomic E-state index is 12.6. The number of nitrogens with one attached hydrogen (secondary N) is 1. The Hall–Kier alpha value is -2.97. The topological polar surface area (TPSA) is 75.4 Å². The Morgan fingerprint density at radius 3 is 2.85 bits per heavy atom. The lowest BCUT2D eigenvalue weighted by molar-refractivity contribution is 0.0757. The van der Waals surface area contributed by atoms with Crippen LogP contribution in [0.2, 0.25) is 0 Å². The summed E-state index contributed by atoms with van der Waals surface area (Å²) >= 11 is 2.88. The standard InChI is InChI=1S/C19H15N3O3S2/c1-22(10-14-3-2-6-26-14)19(24)16-8-12-7-13(4-5-15(12)25-16)21-18(23)17-9-20-11-27-17/h2-9,11H,10H2,1H3,(H,21,23). The van der Waals surface area contributed by atoms with Crippen molar-refractivity contribution in [2.24, 2.45) is 0 Å². The summed E-state index contributed by atoms with van der Waals surface area (Å²) in [4.78, 5) is 31.9. The molecule has 2 amide bonds. The first-order valence-corrected chi connectivity index (χ1v) is 9.87. The van der Waals surface area contributed by atoms with Gasteiger partial charge in [0, 0.05) is 23.0 Å². The normalized spacial score (nSPS) is 10.9. The molecule has 136 valence electrons. The van der Waals surface area contributed by atoms with Crippen LogP contribution in [-0.4, -0.2) is 28.7 Å². The van der Waals surface area contributed by atoms with Crippen molar-refractivity contribution in [3.8, 4) is 0 Å². The Morgan fingerprint density at radius 1 is 1.22 bits per heavy atom. The summed E-state index contributed by atoms with van der Waals surface area (Å²) in [7, 11) is 1.75. The number of carbonyl (C=O) groups excluding carboxylic acids is 2. The van der Waals surface area contributed by atoms with Crippen molar-refractivity contribution in [1.29, 1.82) is 0 Å². The second-order valence-electron chi connectivity index (χ2n) is 5.92. The molecule has 0 aliphatic heterocycles. The Kier molecular flexibility index (Phi) is 4.74. The highest BCUT2D eigenvalue weighted by molar-refractivity contribution is 7.11. The summed E-state index contributed by atoms with van der Waals surface area (Å²) in [6, 6.07) is 10.9. The number of furan rings is 1. The minimum absolute atomic E-state index is 0.185. The minimum Gasteiger partial charge on any atom is -0.451 e. The number of hydrogen-bond acceptors (Lipinski definition) is 6. The molecule has 0 unspecified atom stereocenters. The summed E-state index contributed by atoms with van der Waals surface area (Å²) in [6.45, 7) is 0.531. The Bertz CT molecular complexity index is 1090. The van der Waals surface area contributed by atoms with Crippen LogP contribution < -0.4 is 5.32 Å². The number of fused-ring (bicyclic) bond motifs is 1. The van der Waals surface area contributed by atoms with E-state index < -0.39 is 0 Å². The van der Waals surface area contributed by atoms with Crippen molar-refractivity contribution in [1.82, 2.24) is 9.88 Å². The number of hydrogen-bond donors (Lipinski definition) is 1. The minimum atomic E-state index is -0.215. The highest BCUT2D eigenvalue weighted by Crippen LogP contribution is 2.25. The van der Waals surface area contributed by atoms with Crippen molar-refractivity contribution < 1.29 is 14.0 Å². The van der Waals surface area contributed by atoms with Crippen molar-refractivity contribution in [2.45, 2.75) is 6.54 Å². The largest absolute Gasteiger partial charge is 0.451 e. The molecule has 8 heteroatoms. The van der Waals surface area contributed by atoms with E-state index in [4.69, 9.17) is 4.42 Å². The van der Waals surface area contributed by atoms with Crippen LogP contribution in [0.4, 0.5) is 5.69 Å². The molecule has 1 N–H and O–H groups in total. The van der Waals surface area contributed by atoms with E-state index in [1.807, 2.05) is 17.5 Å². The first kappa shape index (κ1) is 17.4. The molecule has 27 heavy (non-hydrogen) atoms. The van der Waals surface area contributed by atoms with E-state index >= 15 is 0 Å². The lowest BCUT2D eigenvalue weighted by Crippen LogP contribution is -2.25. The maximum absolute atomic E-state index is 12.6. The van der Waals surface area contributed by atoms with Crippen LogP contribution >= 0.6 is 22.7 Å². The van der Waals surface area contributed by atoms with Crippen LogP contribution in [0.5, 0.6) is 0 Å². The zero-order chi connectivity index (χ0) is 18.8. The number of thiazole rings is 1. The van der Waals surface area contributed by atoms with E-state index in [0.717, 1.165) is 10.3 Å². The molecular formula is C19H15N3O3S2. The lowest BCUT2D eigenvalue weighted by Gasteiger charge is -2.14. The number of amides is 2. The fraction of sp³-hybridized carbons (Fsp3) is 0.105. The van der Waals surface area contributed by atoms with Gasteiger partial charge in [0.1, 0.15) is 10.5 Å². The molecule has 6 nitrogen and oxygen atoms in total. The zero-order valence-electron chi connectivity index (χ0n) is 14.3. The van der Waals surface area contributed by atoms with Crippen molar-refractivity contribution in [3.05, 3.63) is 69.0 Å². The Morgan fingerprint density at radius 2 is 2.11 bits per heavy atom. The molecule has 3 heterocycles. The van der Waals surface area contributed by atoms with Gasteiger partial charge in [-0.25, -0.2) is 0 Å². The van der Waals surface area contributed by atoms with Gasteiger partial charge in [0.25, 0.3) is 11.8 Å². The van der Waals surface area contributed by atoms with Crippen LogP contribution in [-0.2, 0) is 6.54 Å². The number of carbonyl (C=O) groups is 2. The summed E-state index contributed by atoms with van der Waals surface area (Å²) in [6.07, 6.45) is 1.52. The first-order valence-electron chi connectivity index (χ1n) is 8.11. The molecule has 0 saturated carbocycles. The van der Waals surface area contributed by atoms with E-state index in [9.17, 15) is 9.59 Å². The highest BCUT2D eigenvalue weighted by Gasteiger charge is 2.18. The molecule has 0 saturated heterocycles. The first-order chi connectivity index (χ1) is 13.1. The monoisotopic (exact) mass is 397 g/mol. The third kappa shape index (κ3) is 3.76. The number of aromatic nitrogens is 1. The third-order valence-corrected chi connectivity index (χ3v) is 5.59. The summed E-state index contributed by atoms with van der Waals surface area (Å²) in [5.41, 5.74) is 2.84. The average Bonchev–Trinajstić information content (AvgIpc) is 3.41. The summed E-state index contributed by atoms with van der Waals surface area (Å²) < 4.78 is 5.69. The maximum Gasteiger partial charge on any atom is 0.289 e. The van der Waals surface area contributed by atoms with Crippen LogP contribution in [0.3, 0.4) is 0 Å². The van der Waals surface area contributed by atoms with E-state index in [1.165, 1.54) is 17.5 Å². The predicted octanol–water partition coefficient (Wildman–Crippen LogP) is 4.48. The van der Waals surface area contributed by atoms with E-state index in [-0.39, 0.29) is 17.6 Å². The van der Waals surface area contributed by atoms with Crippen LogP contribution in [0, 0.1) is 0 Å². The number of rotatable bonds is 5. The predicted molar refractivity (Wildman–Crippen MR) is 106 cm³/mol. The Labute approximate surface area is 163 Å².